The average Bonchev–Trinajstić information content (AvgIpc) is 2.96. The van der Waals surface area contributed by atoms with E-state index in [0.29, 0.717) is 24.7 Å². The summed E-state index contributed by atoms with van der Waals surface area (Å²) >= 11 is 1.76. The first-order valence-electron chi connectivity index (χ1n) is 8.27. The summed E-state index contributed by atoms with van der Waals surface area (Å²) in [7, 11) is 1.99. The summed E-state index contributed by atoms with van der Waals surface area (Å²) in [4.78, 5) is 12.2. The third-order valence-corrected chi connectivity index (χ3v) is 5.47. The van der Waals surface area contributed by atoms with Crippen molar-refractivity contribution in [2.75, 3.05) is 20.1 Å². The van der Waals surface area contributed by atoms with E-state index < -0.39 is 12.0 Å². The van der Waals surface area contributed by atoms with Crippen LogP contribution in [0.5, 0.6) is 0 Å². The Labute approximate surface area is 141 Å². The fraction of sp³-hybridized carbons (Fsp3) is 0.688. The number of hydrogen-bond donors (Lipinski definition) is 5. The standard InChI is InChI=1S/C16H28N4O2S/c1-18-15-7-3-2-5-13(20-15)11(14-6-4-8-23-14)9-19-10-12(17)16(21)22/h4,6,8,11-13,15,18-20H,2-3,5,7,9-10,17H2,1H3,(H,21,22). The molecule has 7 heteroatoms. The van der Waals surface area contributed by atoms with Gasteiger partial charge in [-0.15, -0.1) is 11.3 Å². The van der Waals surface area contributed by atoms with E-state index in [2.05, 4.69) is 33.5 Å². The Bertz CT molecular complexity index is 469. The molecule has 0 amide bonds. The summed E-state index contributed by atoms with van der Waals surface area (Å²) in [6, 6.07) is 3.76. The minimum Gasteiger partial charge on any atom is -0.480 e. The highest BCUT2D eigenvalue weighted by Gasteiger charge is 2.27. The fourth-order valence-corrected chi connectivity index (χ4v) is 4.00. The topological polar surface area (TPSA) is 99.4 Å². The van der Waals surface area contributed by atoms with E-state index in [1.807, 2.05) is 7.05 Å². The lowest BCUT2D eigenvalue weighted by Gasteiger charge is -2.30. The number of carboxylic acid groups (broad SMARTS) is 1. The van der Waals surface area contributed by atoms with Crippen molar-refractivity contribution < 1.29 is 9.90 Å². The minimum atomic E-state index is -0.965. The lowest BCUT2D eigenvalue weighted by Crippen LogP contribution is -2.49. The minimum absolute atomic E-state index is 0.291. The molecule has 0 aliphatic carbocycles. The number of carboxylic acids is 1. The van der Waals surface area contributed by atoms with Gasteiger partial charge in [-0.05, 0) is 31.3 Å². The second-order valence-electron chi connectivity index (χ2n) is 6.12. The molecule has 0 saturated carbocycles. The zero-order valence-corrected chi connectivity index (χ0v) is 14.4. The molecular formula is C16H28N4O2S. The highest BCUT2D eigenvalue weighted by Crippen LogP contribution is 2.28. The first-order valence-corrected chi connectivity index (χ1v) is 9.15. The number of carbonyl (C=O) groups is 1. The molecule has 0 bridgehead atoms. The molecule has 130 valence electrons. The van der Waals surface area contributed by atoms with Crippen LogP contribution >= 0.6 is 11.3 Å². The SMILES string of the molecule is CNC1CCCCC(C(CNCC(N)C(=O)O)c2cccs2)N1. The van der Waals surface area contributed by atoms with Crippen LogP contribution in [0.4, 0.5) is 0 Å². The van der Waals surface area contributed by atoms with Crippen molar-refractivity contribution in [2.45, 2.75) is 49.9 Å². The van der Waals surface area contributed by atoms with Crippen LogP contribution in [-0.2, 0) is 4.79 Å². The van der Waals surface area contributed by atoms with Gasteiger partial charge in [0.25, 0.3) is 0 Å². The molecule has 4 unspecified atom stereocenters. The summed E-state index contributed by atoms with van der Waals surface area (Å²) in [5.74, 6) is -0.641. The molecule has 1 aliphatic rings. The summed E-state index contributed by atoms with van der Waals surface area (Å²) in [5.41, 5.74) is 5.58. The Morgan fingerprint density at radius 3 is 2.91 bits per heavy atom. The number of aliphatic carboxylic acids is 1. The Morgan fingerprint density at radius 2 is 2.26 bits per heavy atom. The first kappa shape index (κ1) is 18.4. The van der Waals surface area contributed by atoms with Crippen LogP contribution in [0.1, 0.15) is 36.5 Å². The van der Waals surface area contributed by atoms with E-state index in [0.717, 1.165) is 19.4 Å². The Kier molecular flexibility index (Phi) is 7.45. The lowest BCUT2D eigenvalue weighted by molar-refractivity contribution is -0.138. The fourth-order valence-electron chi connectivity index (χ4n) is 3.11. The van der Waals surface area contributed by atoms with Crippen LogP contribution in [0.15, 0.2) is 17.5 Å². The molecule has 6 N–H and O–H groups in total. The molecule has 4 atom stereocenters. The zero-order chi connectivity index (χ0) is 16.7. The van der Waals surface area contributed by atoms with Gasteiger partial charge in [0.2, 0.25) is 0 Å². The molecule has 2 rings (SSSR count). The van der Waals surface area contributed by atoms with Gasteiger partial charge < -0.3 is 21.5 Å². The molecule has 1 saturated heterocycles. The number of nitrogens with one attached hydrogen (secondary N) is 3. The monoisotopic (exact) mass is 340 g/mol. The molecule has 1 aliphatic heterocycles. The molecule has 0 radical (unpaired) electrons. The van der Waals surface area contributed by atoms with Gasteiger partial charge in [0.05, 0.1) is 6.17 Å². The van der Waals surface area contributed by atoms with Gasteiger partial charge in [0.15, 0.2) is 0 Å². The molecule has 0 spiro atoms. The van der Waals surface area contributed by atoms with E-state index in [9.17, 15) is 4.79 Å². The number of rotatable bonds is 8. The van der Waals surface area contributed by atoms with Crippen molar-refractivity contribution in [3.05, 3.63) is 22.4 Å². The van der Waals surface area contributed by atoms with Crippen molar-refractivity contribution in [1.29, 1.82) is 0 Å². The van der Waals surface area contributed by atoms with Crippen LogP contribution in [0, 0.1) is 0 Å². The van der Waals surface area contributed by atoms with Crippen LogP contribution in [0.2, 0.25) is 0 Å². The molecule has 6 nitrogen and oxygen atoms in total. The summed E-state index contributed by atoms with van der Waals surface area (Å²) < 4.78 is 0. The molecule has 2 heterocycles. The number of hydrogen-bond acceptors (Lipinski definition) is 6. The summed E-state index contributed by atoms with van der Waals surface area (Å²) in [6.07, 6.45) is 5.05. The van der Waals surface area contributed by atoms with Crippen LogP contribution in [0.3, 0.4) is 0 Å². The van der Waals surface area contributed by atoms with Gasteiger partial charge in [-0.1, -0.05) is 18.9 Å². The second kappa shape index (κ2) is 9.34. The van der Waals surface area contributed by atoms with Gasteiger partial charge in [-0.25, -0.2) is 0 Å². The maximum Gasteiger partial charge on any atom is 0.321 e. The maximum atomic E-state index is 10.8. The van der Waals surface area contributed by atoms with Crippen LogP contribution < -0.4 is 21.7 Å². The Morgan fingerprint density at radius 1 is 1.48 bits per heavy atom. The molecule has 23 heavy (non-hydrogen) atoms. The smallest absolute Gasteiger partial charge is 0.321 e. The highest BCUT2D eigenvalue weighted by molar-refractivity contribution is 7.10. The highest BCUT2D eigenvalue weighted by atomic mass is 32.1. The van der Waals surface area contributed by atoms with Gasteiger partial charge in [-0.3, -0.25) is 10.1 Å². The molecule has 1 fully saturated rings. The quantitative estimate of drug-likeness (QED) is 0.482. The average molecular weight is 340 g/mol. The normalized spacial score (nSPS) is 24.8. The Balaban J connectivity index is 2.00. The summed E-state index contributed by atoms with van der Waals surface area (Å²) in [5, 5.41) is 21.3. The van der Waals surface area contributed by atoms with Crippen LogP contribution in [0.25, 0.3) is 0 Å². The van der Waals surface area contributed by atoms with E-state index in [-0.39, 0.29) is 0 Å². The van der Waals surface area contributed by atoms with E-state index in [4.69, 9.17) is 10.8 Å². The number of nitrogens with two attached hydrogens (primary N) is 1. The first-order chi connectivity index (χ1) is 11.1. The van der Waals surface area contributed by atoms with E-state index in [1.165, 1.54) is 17.7 Å². The predicted octanol–water partition coefficient (Wildman–Crippen LogP) is 0.911. The van der Waals surface area contributed by atoms with Gasteiger partial charge >= 0.3 is 5.97 Å². The Hall–Kier alpha value is -0.990. The maximum absolute atomic E-state index is 10.8. The third kappa shape index (κ3) is 5.54. The molecule has 1 aromatic heterocycles. The zero-order valence-electron chi connectivity index (χ0n) is 13.6. The van der Waals surface area contributed by atoms with Crippen molar-refractivity contribution in [3.8, 4) is 0 Å². The van der Waals surface area contributed by atoms with E-state index >= 15 is 0 Å². The molecule has 1 aromatic rings. The van der Waals surface area contributed by atoms with Crippen molar-refractivity contribution in [3.63, 3.8) is 0 Å². The van der Waals surface area contributed by atoms with Gasteiger partial charge in [0.1, 0.15) is 6.04 Å². The molecular weight excluding hydrogens is 312 g/mol. The second-order valence-corrected chi connectivity index (χ2v) is 7.10. The van der Waals surface area contributed by atoms with Crippen molar-refractivity contribution in [1.82, 2.24) is 16.0 Å². The third-order valence-electron chi connectivity index (χ3n) is 4.46. The van der Waals surface area contributed by atoms with E-state index in [1.54, 1.807) is 11.3 Å². The predicted molar refractivity (Wildman–Crippen MR) is 93.8 cm³/mol. The molecule has 0 aromatic carbocycles. The lowest BCUT2D eigenvalue weighted by atomic mass is 9.94. The van der Waals surface area contributed by atoms with Crippen molar-refractivity contribution in [2.24, 2.45) is 5.73 Å². The van der Waals surface area contributed by atoms with Gasteiger partial charge in [0, 0.05) is 29.9 Å². The van der Waals surface area contributed by atoms with Crippen molar-refractivity contribution >= 4 is 17.3 Å². The van der Waals surface area contributed by atoms with Crippen LogP contribution in [-0.4, -0.2) is 49.5 Å². The summed E-state index contributed by atoms with van der Waals surface area (Å²) in [6.45, 7) is 1.02. The largest absolute Gasteiger partial charge is 0.480 e. The number of thiophene rings is 1. The van der Waals surface area contributed by atoms with Gasteiger partial charge in [-0.2, -0.15) is 0 Å².